The minimum Gasteiger partial charge on any atom is -0.477 e. The van der Waals surface area contributed by atoms with Gasteiger partial charge in [0.15, 0.2) is 10.8 Å². The number of hydrogen-bond donors (Lipinski definition) is 4. The SMILES string of the molecule is CNS(=O)(=O)c1ccc(C)c(CC2=C(C(=O)O)N3C(=O)[C@@H](NC(=O)/C(=N\OC)c4csc(N)n4)[C@H]3SC2)c1. The standard InChI is InChI=1S/C22H24N6O7S3/c1-10-4-5-13(38(33,34)24-2)7-11(10)6-12-8-36-20-16(19(30)28(20)17(12)21(31)32)26-18(29)15(27-35-3)14-9-37-22(23)25-14/h4-5,7,9,16,20,24H,6,8H2,1-3H3,(H2,23,25)(H,26,29)(H,31,32)/b27-15-/t16-,20-/m1/s1. The monoisotopic (exact) mass is 580 g/mol. The van der Waals surface area contributed by atoms with Gasteiger partial charge in [-0.15, -0.1) is 23.1 Å². The van der Waals surface area contributed by atoms with Crippen LogP contribution in [0.25, 0.3) is 0 Å². The van der Waals surface area contributed by atoms with Crippen LogP contribution in [0.1, 0.15) is 16.8 Å². The first-order chi connectivity index (χ1) is 18.0. The number of aliphatic carboxylic acids is 1. The lowest BCUT2D eigenvalue weighted by molar-refractivity contribution is -0.150. The number of rotatable bonds is 9. The number of anilines is 1. The van der Waals surface area contributed by atoms with Gasteiger partial charge in [-0.05, 0) is 49.2 Å². The molecule has 16 heteroatoms. The lowest BCUT2D eigenvalue weighted by Gasteiger charge is -2.49. The molecular formula is C22H24N6O7S3. The van der Waals surface area contributed by atoms with Crippen LogP contribution in [0.2, 0.25) is 0 Å². The van der Waals surface area contributed by atoms with E-state index in [1.807, 2.05) is 0 Å². The molecule has 1 aromatic heterocycles. The van der Waals surface area contributed by atoms with Gasteiger partial charge in [0, 0.05) is 11.1 Å². The first-order valence-corrected chi connectivity index (χ1v) is 14.5. The highest BCUT2D eigenvalue weighted by atomic mass is 32.2. The summed E-state index contributed by atoms with van der Waals surface area (Å²) in [6.45, 7) is 1.79. The predicted octanol–water partition coefficient (Wildman–Crippen LogP) is 0.274. The highest BCUT2D eigenvalue weighted by molar-refractivity contribution is 8.00. The topological polar surface area (TPSA) is 193 Å². The number of carboxylic acids is 1. The molecule has 2 aliphatic rings. The molecule has 13 nitrogen and oxygen atoms in total. The molecule has 1 aromatic carbocycles. The van der Waals surface area contributed by atoms with Gasteiger partial charge >= 0.3 is 5.97 Å². The number of nitrogens with one attached hydrogen (secondary N) is 2. The number of nitrogens with zero attached hydrogens (tertiary/aromatic N) is 3. The molecule has 0 unspecified atom stereocenters. The van der Waals surface area contributed by atoms with E-state index in [4.69, 9.17) is 10.6 Å². The van der Waals surface area contributed by atoms with E-state index in [0.717, 1.165) is 21.8 Å². The lowest BCUT2D eigenvalue weighted by atomic mass is 9.97. The van der Waals surface area contributed by atoms with Gasteiger partial charge in [-0.1, -0.05) is 11.2 Å². The molecule has 0 saturated carbocycles. The van der Waals surface area contributed by atoms with Crippen molar-refractivity contribution in [3.8, 4) is 0 Å². The number of fused-ring (bicyclic) bond motifs is 1. The predicted molar refractivity (Wildman–Crippen MR) is 141 cm³/mol. The summed E-state index contributed by atoms with van der Waals surface area (Å²) in [5.74, 6) is -2.35. The third-order valence-electron chi connectivity index (χ3n) is 6.00. The number of thiazole rings is 1. The molecule has 0 spiro atoms. The van der Waals surface area contributed by atoms with Crippen LogP contribution in [0.15, 0.2) is 44.9 Å². The van der Waals surface area contributed by atoms with Crippen molar-refractivity contribution in [1.82, 2.24) is 19.9 Å². The first-order valence-electron chi connectivity index (χ1n) is 11.0. The number of hydrogen-bond acceptors (Lipinski definition) is 11. The van der Waals surface area contributed by atoms with Crippen molar-refractivity contribution in [1.29, 1.82) is 0 Å². The highest BCUT2D eigenvalue weighted by Crippen LogP contribution is 2.41. The van der Waals surface area contributed by atoms with Crippen molar-refractivity contribution in [3.05, 3.63) is 51.7 Å². The summed E-state index contributed by atoms with van der Waals surface area (Å²) in [7, 11) is -1.13. The molecule has 0 bridgehead atoms. The molecule has 5 N–H and O–H groups in total. The number of carboxylic acid groups (broad SMARTS) is 1. The van der Waals surface area contributed by atoms with Gasteiger partial charge in [0.05, 0.1) is 4.90 Å². The zero-order valence-electron chi connectivity index (χ0n) is 20.4. The van der Waals surface area contributed by atoms with E-state index in [1.165, 1.54) is 43.4 Å². The van der Waals surface area contributed by atoms with Gasteiger partial charge in [-0.3, -0.25) is 14.5 Å². The van der Waals surface area contributed by atoms with Crippen LogP contribution in [-0.4, -0.2) is 78.2 Å². The van der Waals surface area contributed by atoms with Crippen LogP contribution in [0.4, 0.5) is 5.13 Å². The minimum atomic E-state index is -3.70. The maximum atomic E-state index is 13.1. The summed E-state index contributed by atoms with van der Waals surface area (Å²) in [4.78, 5) is 48.2. The number of carbonyl (C=O) groups is 3. The van der Waals surface area contributed by atoms with Gasteiger partial charge in [0.2, 0.25) is 10.0 Å². The normalized spacial score (nSPS) is 19.6. The van der Waals surface area contributed by atoms with Crippen molar-refractivity contribution < 1.29 is 32.7 Å². The summed E-state index contributed by atoms with van der Waals surface area (Å²) in [5, 5.41) is 17.4. The lowest BCUT2D eigenvalue weighted by Crippen LogP contribution is -2.71. The Morgan fingerprint density at radius 1 is 1.37 bits per heavy atom. The molecule has 1 saturated heterocycles. The molecule has 0 aliphatic carbocycles. The Kier molecular flexibility index (Phi) is 7.78. The summed E-state index contributed by atoms with van der Waals surface area (Å²) < 4.78 is 26.8. The molecule has 2 aliphatic heterocycles. The van der Waals surface area contributed by atoms with Crippen molar-refractivity contribution >= 4 is 61.7 Å². The molecule has 4 rings (SSSR count). The number of sulfonamides is 1. The number of aromatic nitrogens is 1. The first kappa shape index (κ1) is 27.6. The highest BCUT2D eigenvalue weighted by Gasteiger charge is 2.54. The van der Waals surface area contributed by atoms with E-state index in [1.54, 1.807) is 13.0 Å². The largest absolute Gasteiger partial charge is 0.477 e. The van der Waals surface area contributed by atoms with Gasteiger partial charge in [0.25, 0.3) is 11.8 Å². The number of aryl methyl sites for hydroxylation is 1. The fourth-order valence-electron chi connectivity index (χ4n) is 4.07. The smallest absolute Gasteiger partial charge is 0.352 e. The van der Waals surface area contributed by atoms with E-state index in [9.17, 15) is 27.9 Å². The van der Waals surface area contributed by atoms with Gasteiger partial charge in [0.1, 0.15) is 29.9 Å². The molecule has 2 atom stereocenters. The zero-order valence-corrected chi connectivity index (χ0v) is 22.9. The van der Waals surface area contributed by atoms with E-state index in [-0.39, 0.29) is 39.3 Å². The zero-order chi connectivity index (χ0) is 27.8. The number of β-lactam (4-membered cyclic amide) rings is 1. The Morgan fingerprint density at radius 3 is 2.71 bits per heavy atom. The van der Waals surface area contributed by atoms with Crippen LogP contribution < -0.4 is 15.8 Å². The third kappa shape index (κ3) is 5.11. The molecule has 2 aromatic rings. The number of nitrogens with two attached hydrogens (primary N) is 1. The second kappa shape index (κ2) is 10.7. The molecule has 1 fully saturated rings. The number of thioether (sulfide) groups is 1. The fraction of sp³-hybridized carbons (Fsp3) is 0.318. The molecule has 2 amide bonds. The average Bonchev–Trinajstić information content (AvgIpc) is 3.31. The number of nitrogen functional groups attached to an aromatic ring is 1. The van der Waals surface area contributed by atoms with Crippen molar-refractivity contribution in [2.75, 3.05) is 25.6 Å². The number of benzene rings is 1. The minimum absolute atomic E-state index is 0.0533. The molecule has 38 heavy (non-hydrogen) atoms. The maximum Gasteiger partial charge on any atom is 0.352 e. The third-order valence-corrected chi connectivity index (χ3v) is 9.43. The van der Waals surface area contributed by atoms with Gasteiger partial charge < -0.3 is 21.0 Å². The summed E-state index contributed by atoms with van der Waals surface area (Å²) in [5.41, 5.74) is 7.32. The Labute approximate surface area is 226 Å². The van der Waals surface area contributed by atoms with Crippen LogP contribution in [0.5, 0.6) is 0 Å². The van der Waals surface area contributed by atoms with Crippen molar-refractivity contribution in [2.24, 2.45) is 5.16 Å². The second-order valence-corrected chi connectivity index (χ2v) is 12.2. The molecule has 3 heterocycles. The molecular weight excluding hydrogens is 556 g/mol. The summed E-state index contributed by atoms with van der Waals surface area (Å²) >= 11 is 2.40. The quantitative estimate of drug-likeness (QED) is 0.182. The van der Waals surface area contributed by atoms with E-state index >= 15 is 0 Å². The molecule has 0 radical (unpaired) electrons. The number of carbonyl (C=O) groups excluding carboxylic acids is 2. The number of oxime groups is 1. The Morgan fingerprint density at radius 2 is 2.11 bits per heavy atom. The van der Waals surface area contributed by atoms with Crippen LogP contribution in [0.3, 0.4) is 0 Å². The van der Waals surface area contributed by atoms with E-state index < -0.39 is 39.2 Å². The van der Waals surface area contributed by atoms with E-state index in [2.05, 4.69) is 20.2 Å². The fourth-order valence-corrected chi connectivity index (χ4v) is 6.75. The van der Waals surface area contributed by atoms with E-state index in [0.29, 0.717) is 11.1 Å². The molecule has 202 valence electrons. The Balaban J connectivity index is 1.58. The van der Waals surface area contributed by atoms with Crippen LogP contribution in [-0.2, 0) is 35.7 Å². The Hall–Kier alpha value is -3.47. The summed E-state index contributed by atoms with van der Waals surface area (Å²) in [6, 6.07) is 3.62. The Bertz CT molecular complexity index is 1480. The maximum absolute atomic E-state index is 13.1. The van der Waals surface area contributed by atoms with Crippen LogP contribution >= 0.6 is 23.1 Å². The van der Waals surface area contributed by atoms with Gasteiger partial charge in [-0.25, -0.2) is 22.9 Å². The number of amides is 2. The second-order valence-electron chi connectivity index (χ2n) is 8.28. The average molecular weight is 581 g/mol. The van der Waals surface area contributed by atoms with Gasteiger partial charge in [-0.2, -0.15) is 0 Å². The van der Waals surface area contributed by atoms with Crippen molar-refractivity contribution in [2.45, 2.75) is 29.7 Å². The van der Waals surface area contributed by atoms with Crippen molar-refractivity contribution in [3.63, 3.8) is 0 Å². The summed E-state index contributed by atoms with van der Waals surface area (Å²) in [6.07, 6.45) is 0.136. The van der Waals surface area contributed by atoms with Crippen LogP contribution in [0, 0.1) is 6.92 Å².